The third-order valence-electron chi connectivity index (χ3n) is 5.16. The van der Waals surface area contributed by atoms with Gasteiger partial charge < -0.3 is 10.1 Å². The molecule has 0 saturated heterocycles. The van der Waals surface area contributed by atoms with E-state index >= 15 is 0 Å². The largest absolute Gasteiger partial charge is 0.480 e. The minimum Gasteiger partial charge on any atom is -0.480 e. The number of hydrogen-bond donors (Lipinski definition) is 2. The zero-order valence-corrected chi connectivity index (χ0v) is 15.9. The minimum atomic E-state index is -3.95. The summed E-state index contributed by atoms with van der Waals surface area (Å²) in [6.45, 7) is 3.63. The van der Waals surface area contributed by atoms with E-state index in [1.807, 2.05) is 31.2 Å². The molecule has 0 bridgehead atoms. The number of nitrogens with zero attached hydrogens (tertiary/aromatic N) is 1. The number of aromatic nitrogens is 1. The molecule has 1 unspecified atom stereocenters. The highest BCUT2D eigenvalue weighted by Crippen LogP contribution is 2.34. The molecule has 1 atom stereocenters. The van der Waals surface area contributed by atoms with E-state index in [4.69, 9.17) is 0 Å². The molecule has 0 fully saturated rings. The molecule has 0 radical (unpaired) electrons. The highest BCUT2D eigenvalue weighted by atomic mass is 32.2. The highest BCUT2D eigenvalue weighted by molar-refractivity contribution is 7.89. The number of sulfonamides is 1. The van der Waals surface area contributed by atoms with Gasteiger partial charge >= 0.3 is 5.97 Å². The van der Waals surface area contributed by atoms with E-state index < -0.39 is 22.0 Å². The number of carboxylic acids is 1. The van der Waals surface area contributed by atoms with Gasteiger partial charge in [-0.15, -0.1) is 0 Å². The third-order valence-corrected chi connectivity index (χ3v) is 7.18. The fraction of sp³-hybridized carbons (Fsp3) is 0.250. The molecular weight excluding hydrogens is 364 g/mol. The summed E-state index contributed by atoms with van der Waals surface area (Å²) in [5.74, 6) is -1.14. The van der Waals surface area contributed by atoms with Gasteiger partial charge in [-0.2, -0.15) is 4.31 Å². The number of hydrogen-bond acceptors (Lipinski definition) is 3. The van der Waals surface area contributed by atoms with Crippen molar-refractivity contribution in [3.8, 4) is 0 Å². The van der Waals surface area contributed by atoms with Crippen LogP contribution in [0.25, 0.3) is 10.9 Å². The van der Waals surface area contributed by atoms with Gasteiger partial charge in [-0.3, -0.25) is 4.79 Å². The lowest BCUT2D eigenvalue weighted by Gasteiger charge is -2.32. The van der Waals surface area contributed by atoms with E-state index in [9.17, 15) is 18.3 Å². The van der Waals surface area contributed by atoms with Crippen LogP contribution in [0.1, 0.15) is 22.4 Å². The Hall–Kier alpha value is -2.64. The lowest BCUT2D eigenvalue weighted by molar-refractivity contribution is -0.141. The Bertz CT molecular complexity index is 1160. The number of aryl methyl sites for hydroxylation is 2. The number of aromatic amines is 1. The molecule has 1 aliphatic heterocycles. The standard InChI is InChI=1S/C20H20N2O4S/c1-12-7-8-19(13(2)9-12)27(25,26)22-11-17-15(10-18(22)20(23)24)14-5-3-4-6-16(14)21-17/h3-9,18,21H,10-11H2,1-2H3,(H,23,24). The molecule has 6 nitrogen and oxygen atoms in total. The molecule has 0 saturated carbocycles. The van der Waals surface area contributed by atoms with E-state index in [1.165, 1.54) is 0 Å². The first-order valence-electron chi connectivity index (χ1n) is 8.69. The third kappa shape index (κ3) is 2.83. The van der Waals surface area contributed by atoms with Gasteiger partial charge in [0.05, 0.1) is 11.4 Å². The number of carbonyl (C=O) groups is 1. The highest BCUT2D eigenvalue weighted by Gasteiger charge is 2.41. The number of fused-ring (bicyclic) bond motifs is 3. The summed E-state index contributed by atoms with van der Waals surface area (Å²) >= 11 is 0. The van der Waals surface area contributed by atoms with Crippen LogP contribution in [0.3, 0.4) is 0 Å². The van der Waals surface area contributed by atoms with Crippen LogP contribution in [-0.4, -0.2) is 34.8 Å². The molecule has 2 aromatic carbocycles. The van der Waals surface area contributed by atoms with Gasteiger partial charge in [-0.25, -0.2) is 8.42 Å². The molecular formula is C20H20N2O4S. The van der Waals surface area contributed by atoms with Crippen LogP contribution >= 0.6 is 0 Å². The van der Waals surface area contributed by atoms with E-state index in [-0.39, 0.29) is 17.9 Å². The Morgan fingerprint density at radius 2 is 1.93 bits per heavy atom. The van der Waals surface area contributed by atoms with Gasteiger partial charge in [-0.1, -0.05) is 35.9 Å². The van der Waals surface area contributed by atoms with E-state index in [1.54, 1.807) is 25.1 Å². The molecule has 1 aliphatic rings. The van der Waals surface area contributed by atoms with Gasteiger partial charge in [0.15, 0.2) is 0 Å². The van der Waals surface area contributed by atoms with Crippen LogP contribution in [0.2, 0.25) is 0 Å². The first-order chi connectivity index (χ1) is 12.8. The van der Waals surface area contributed by atoms with Crippen LogP contribution in [0.15, 0.2) is 47.4 Å². The molecule has 3 aromatic rings. The summed E-state index contributed by atoms with van der Waals surface area (Å²) in [4.78, 5) is 15.3. The first kappa shape index (κ1) is 17.8. The maximum atomic E-state index is 13.3. The van der Waals surface area contributed by atoms with Crippen molar-refractivity contribution < 1.29 is 18.3 Å². The summed E-state index contributed by atoms with van der Waals surface area (Å²) in [5, 5.41) is 10.7. The molecule has 1 aromatic heterocycles. The average molecular weight is 384 g/mol. The Balaban J connectivity index is 1.85. The van der Waals surface area contributed by atoms with Crippen molar-refractivity contribution in [2.75, 3.05) is 0 Å². The predicted octanol–water partition coefficient (Wildman–Crippen LogP) is 2.98. The molecule has 27 heavy (non-hydrogen) atoms. The van der Waals surface area contributed by atoms with Crippen LogP contribution < -0.4 is 0 Å². The molecule has 140 valence electrons. The number of carboxylic acid groups (broad SMARTS) is 1. The van der Waals surface area contributed by atoms with Gasteiger partial charge in [0.2, 0.25) is 10.0 Å². The van der Waals surface area contributed by atoms with Crippen molar-refractivity contribution in [1.29, 1.82) is 0 Å². The Morgan fingerprint density at radius 1 is 1.19 bits per heavy atom. The van der Waals surface area contributed by atoms with Crippen molar-refractivity contribution in [3.05, 3.63) is 64.8 Å². The quantitative estimate of drug-likeness (QED) is 0.726. The summed E-state index contributed by atoms with van der Waals surface area (Å²) in [5.41, 5.74) is 4.09. The monoisotopic (exact) mass is 384 g/mol. The summed E-state index contributed by atoms with van der Waals surface area (Å²) in [6.07, 6.45) is 0.138. The van der Waals surface area contributed by atoms with Gasteiger partial charge in [0, 0.05) is 23.0 Å². The number of H-pyrrole nitrogens is 1. The Morgan fingerprint density at radius 3 is 2.63 bits per heavy atom. The topological polar surface area (TPSA) is 90.5 Å². The number of nitrogens with one attached hydrogen (secondary N) is 1. The van der Waals surface area contributed by atoms with Crippen molar-refractivity contribution in [1.82, 2.24) is 9.29 Å². The van der Waals surface area contributed by atoms with Crippen LogP contribution in [0.4, 0.5) is 0 Å². The number of aliphatic carboxylic acids is 1. The van der Waals surface area contributed by atoms with E-state index in [2.05, 4.69) is 4.98 Å². The second-order valence-electron chi connectivity index (χ2n) is 7.01. The second kappa shape index (κ2) is 6.21. The second-order valence-corrected chi connectivity index (χ2v) is 8.86. The van der Waals surface area contributed by atoms with Crippen LogP contribution in [-0.2, 0) is 27.8 Å². The molecule has 7 heteroatoms. The van der Waals surface area contributed by atoms with Crippen molar-refractivity contribution in [3.63, 3.8) is 0 Å². The van der Waals surface area contributed by atoms with Crippen molar-refractivity contribution in [2.24, 2.45) is 0 Å². The Labute approximate surface area is 157 Å². The van der Waals surface area contributed by atoms with E-state index in [0.717, 1.165) is 32.0 Å². The molecule has 0 spiro atoms. The fourth-order valence-corrected chi connectivity index (χ4v) is 5.62. The summed E-state index contributed by atoms with van der Waals surface area (Å²) < 4.78 is 27.7. The van der Waals surface area contributed by atoms with Crippen molar-refractivity contribution >= 4 is 26.9 Å². The predicted molar refractivity (Wildman–Crippen MR) is 102 cm³/mol. The number of rotatable bonds is 3. The Kier molecular flexibility index (Phi) is 4.09. The molecule has 4 rings (SSSR count). The van der Waals surface area contributed by atoms with E-state index in [0.29, 0.717) is 5.56 Å². The van der Waals surface area contributed by atoms with Gasteiger partial charge in [0.25, 0.3) is 0 Å². The summed E-state index contributed by atoms with van der Waals surface area (Å²) in [7, 11) is -3.95. The molecule has 0 aliphatic carbocycles. The smallest absolute Gasteiger partial charge is 0.322 e. The fourth-order valence-electron chi connectivity index (χ4n) is 3.86. The van der Waals surface area contributed by atoms with Crippen LogP contribution in [0.5, 0.6) is 0 Å². The lowest BCUT2D eigenvalue weighted by Crippen LogP contribution is -2.48. The maximum absolute atomic E-state index is 13.3. The average Bonchev–Trinajstić information content (AvgIpc) is 2.98. The number of benzene rings is 2. The first-order valence-corrected chi connectivity index (χ1v) is 10.1. The SMILES string of the molecule is Cc1ccc(S(=O)(=O)N2Cc3[nH]c4ccccc4c3CC2C(=O)O)c(C)c1. The minimum absolute atomic E-state index is 0.0105. The van der Waals surface area contributed by atoms with Crippen LogP contribution in [0, 0.1) is 13.8 Å². The zero-order valence-electron chi connectivity index (χ0n) is 15.1. The molecule has 0 amide bonds. The number of para-hydroxylation sites is 1. The lowest BCUT2D eigenvalue weighted by atomic mass is 9.99. The normalized spacial score (nSPS) is 17.8. The zero-order chi connectivity index (χ0) is 19.3. The summed E-state index contributed by atoms with van der Waals surface area (Å²) in [6, 6.07) is 11.6. The molecule has 2 N–H and O–H groups in total. The molecule has 2 heterocycles. The van der Waals surface area contributed by atoms with Gasteiger partial charge in [-0.05, 0) is 37.1 Å². The van der Waals surface area contributed by atoms with Crippen molar-refractivity contribution in [2.45, 2.75) is 37.8 Å². The van der Waals surface area contributed by atoms with Gasteiger partial charge in [0.1, 0.15) is 6.04 Å². The maximum Gasteiger partial charge on any atom is 0.322 e.